The van der Waals surface area contributed by atoms with E-state index in [1.54, 1.807) is 6.07 Å². The average Bonchev–Trinajstić information content (AvgIpc) is 2.67. The van der Waals surface area contributed by atoms with Crippen LogP contribution in [0.3, 0.4) is 0 Å². The molecule has 1 aliphatic carbocycles. The molecule has 1 saturated carbocycles. The number of pyridine rings is 2. The Balaban J connectivity index is 1.92. The molecule has 5 nitrogen and oxygen atoms in total. The van der Waals surface area contributed by atoms with E-state index < -0.39 is 40.7 Å². The van der Waals surface area contributed by atoms with Gasteiger partial charge in [0.2, 0.25) is 0 Å². The third kappa shape index (κ3) is 5.01. The fourth-order valence-electron chi connectivity index (χ4n) is 3.41. The smallest absolute Gasteiger partial charge is 0.387 e. The average molecular weight is 466 g/mol. The first kappa shape index (κ1) is 22.7. The Hall–Kier alpha value is -1.97. The number of halogens is 6. The second kappa shape index (κ2) is 8.64. The van der Waals surface area contributed by atoms with Crippen LogP contribution < -0.4 is 5.32 Å². The number of alkyl halides is 4. The molecule has 0 radical (unpaired) electrons. The molecule has 1 fully saturated rings. The van der Waals surface area contributed by atoms with Gasteiger partial charge in [0.05, 0.1) is 16.9 Å². The Labute approximate surface area is 179 Å². The van der Waals surface area contributed by atoms with Crippen LogP contribution in [0.5, 0.6) is 0 Å². The van der Waals surface area contributed by atoms with Crippen LogP contribution in [0, 0.1) is 0 Å². The van der Waals surface area contributed by atoms with Gasteiger partial charge in [-0.2, -0.15) is 13.2 Å². The Bertz CT molecular complexity index is 934. The summed E-state index contributed by atoms with van der Waals surface area (Å²) in [6, 6.07) is 5.05. The number of carbonyl (C=O) groups excluding carboxylic acids is 1. The van der Waals surface area contributed by atoms with Crippen molar-refractivity contribution in [3.05, 3.63) is 57.6 Å². The fraction of sp³-hybridized carbons (Fsp3) is 0.421. The molecule has 2 N–H and O–H groups in total. The summed E-state index contributed by atoms with van der Waals surface area (Å²) in [5.41, 5.74) is -2.84. The first-order chi connectivity index (χ1) is 14.0. The highest BCUT2D eigenvalue weighted by Gasteiger charge is 2.43. The number of hydrogen-bond donors (Lipinski definition) is 2. The van der Waals surface area contributed by atoms with Crippen molar-refractivity contribution in [3.63, 3.8) is 0 Å². The van der Waals surface area contributed by atoms with Gasteiger partial charge in [-0.15, -0.1) is 0 Å². The Morgan fingerprint density at radius 3 is 2.40 bits per heavy atom. The van der Waals surface area contributed by atoms with Crippen LogP contribution in [0.1, 0.15) is 53.5 Å². The second-order valence-corrected chi connectivity index (χ2v) is 7.85. The maximum Gasteiger partial charge on any atom is 0.433 e. The first-order valence-corrected chi connectivity index (χ1v) is 9.79. The lowest BCUT2D eigenvalue weighted by Crippen LogP contribution is -2.49. The van der Waals surface area contributed by atoms with Crippen LogP contribution >= 0.6 is 23.2 Å². The number of rotatable bonds is 4. The SMILES string of the molecule is O=C(NC(c1cccc(Cl)n1)[C@]1(O)CC[C@@H](F)CC1)c1ccc(C(F)(F)F)nc1Cl. The van der Waals surface area contributed by atoms with Crippen LogP contribution in [0.4, 0.5) is 17.6 Å². The highest BCUT2D eigenvalue weighted by atomic mass is 35.5. The Kier molecular flexibility index (Phi) is 6.54. The predicted octanol–water partition coefficient (Wildman–Crippen LogP) is 4.92. The third-order valence-corrected chi connectivity index (χ3v) is 5.51. The van der Waals surface area contributed by atoms with Gasteiger partial charge in [-0.05, 0) is 49.9 Å². The van der Waals surface area contributed by atoms with Gasteiger partial charge in [0.25, 0.3) is 5.91 Å². The van der Waals surface area contributed by atoms with Crippen molar-refractivity contribution in [2.45, 2.75) is 49.7 Å². The zero-order valence-corrected chi connectivity index (χ0v) is 16.9. The number of nitrogens with one attached hydrogen (secondary N) is 1. The topological polar surface area (TPSA) is 75.1 Å². The summed E-state index contributed by atoms with van der Waals surface area (Å²) in [6.45, 7) is 0. The highest BCUT2D eigenvalue weighted by Crippen LogP contribution is 2.39. The Morgan fingerprint density at radius 1 is 1.17 bits per heavy atom. The molecule has 0 aromatic carbocycles. The molecule has 0 bridgehead atoms. The summed E-state index contributed by atoms with van der Waals surface area (Å²) < 4.78 is 52.0. The summed E-state index contributed by atoms with van der Waals surface area (Å²) in [5, 5.41) is 13.2. The number of aliphatic hydroxyl groups is 1. The number of amides is 1. The zero-order chi connectivity index (χ0) is 22.1. The lowest BCUT2D eigenvalue weighted by Gasteiger charge is -2.40. The van der Waals surface area contributed by atoms with Crippen molar-refractivity contribution in [2.75, 3.05) is 0 Å². The molecular weight excluding hydrogens is 449 g/mol. The molecule has 30 heavy (non-hydrogen) atoms. The normalized spacial score (nSPS) is 23.1. The molecule has 1 unspecified atom stereocenters. The van der Waals surface area contributed by atoms with E-state index in [2.05, 4.69) is 15.3 Å². The molecule has 1 atom stereocenters. The minimum absolute atomic E-state index is 0.0479. The van der Waals surface area contributed by atoms with E-state index in [1.807, 2.05) is 0 Å². The number of nitrogens with zero attached hydrogens (tertiary/aromatic N) is 2. The molecule has 0 aliphatic heterocycles. The largest absolute Gasteiger partial charge is 0.433 e. The van der Waals surface area contributed by atoms with Gasteiger partial charge >= 0.3 is 6.18 Å². The van der Waals surface area contributed by atoms with Gasteiger partial charge in [0.15, 0.2) is 0 Å². The molecule has 2 heterocycles. The van der Waals surface area contributed by atoms with Gasteiger partial charge in [-0.3, -0.25) is 4.79 Å². The standard InChI is InChI=1S/C19H17Cl2F4N3O2/c20-14-3-1-2-12(26-14)15(18(30)8-6-10(22)7-9-18)28-17(29)11-4-5-13(19(23,24)25)27-16(11)21/h1-5,10,15,30H,6-9H2,(H,28,29)/t10-,15?,18+. The summed E-state index contributed by atoms with van der Waals surface area (Å²) in [7, 11) is 0. The maximum atomic E-state index is 13.6. The summed E-state index contributed by atoms with van der Waals surface area (Å²) >= 11 is 11.7. The number of aromatic nitrogens is 2. The monoisotopic (exact) mass is 465 g/mol. The molecule has 0 spiro atoms. The van der Waals surface area contributed by atoms with E-state index in [0.717, 1.165) is 6.07 Å². The van der Waals surface area contributed by atoms with Crippen molar-refractivity contribution in [3.8, 4) is 0 Å². The first-order valence-electron chi connectivity index (χ1n) is 9.03. The Morgan fingerprint density at radius 2 is 1.83 bits per heavy atom. The minimum atomic E-state index is -4.72. The van der Waals surface area contributed by atoms with E-state index >= 15 is 0 Å². The maximum absolute atomic E-state index is 13.6. The summed E-state index contributed by atoms with van der Waals surface area (Å²) in [4.78, 5) is 20.1. The zero-order valence-electron chi connectivity index (χ0n) is 15.4. The van der Waals surface area contributed by atoms with Crippen molar-refractivity contribution in [2.24, 2.45) is 0 Å². The summed E-state index contributed by atoms with van der Waals surface area (Å²) in [5.74, 6) is -0.858. The highest BCUT2D eigenvalue weighted by molar-refractivity contribution is 6.32. The van der Waals surface area contributed by atoms with E-state index in [1.165, 1.54) is 12.1 Å². The predicted molar refractivity (Wildman–Crippen MR) is 102 cm³/mol. The van der Waals surface area contributed by atoms with Crippen LogP contribution in [0.15, 0.2) is 30.3 Å². The molecule has 0 saturated heterocycles. The van der Waals surface area contributed by atoms with Crippen LogP contribution in [-0.4, -0.2) is 32.8 Å². The van der Waals surface area contributed by atoms with E-state index in [4.69, 9.17) is 23.2 Å². The quantitative estimate of drug-likeness (QED) is 0.496. The third-order valence-electron chi connectivity index (χ3n) is 5.01. The number of carbonyl (C=O) groups is 1. The van der Waals surface area contributed by atoms with Gasteiger partial charge in [0, 0.05) is 0 Å². The van der Waals surface area contributed by atoms with Crippen molar-refractivity contribution >= 4 is 29.1 Å². The van der Waals surface area contributed by atoms with Crippen molar-refractivity contribution in [1.29, 1.82) is 0 Å². The lowest BCUT2D eigenvalue weighted by atomic mass is 9.77. The van der Waals surface area contributed by atoms with Gasteiger partial charge in [-0.25, -0.2) is 14.4 Å². The molecular formula is C19H17Cl2F4N3O2. The van der Waals surface area contributed by atoms with E-state index in [-0.39, 0.29) is 42.1 Å². The molecule has 11 heteroatoms. The van der Waals surface area contributed by atoms with Crippen molar-refractivity contribution in [1.82, 2.24) is 15.3 Å². The lowest BCUT2D eigenvalue weighted by molar-refractivity contribution is -0.141. The molecule has 1 amide bonds. The fourth-order valence-corrected chi connectivity index (χ4v) is 3.82. The molecule has 2 aromatic heterocycles. The van der Waals surface area contributed by atoms with Crippen LogP contribution in [0.2, 0.25) is 10.3 Å². The molecule has 162 valence electrons. The number of hydrogen-bond acceptors (Lipinski definition) is 4. The van der Waals surface area contributed by atoms with Gasteiger partial charge in [0.1, 0.15) is 28.2 Å². The molecule has 1 aliphatic rings. The molecule has 3 rings (SSSR count). The van der Waals surface area contributed by atoms with Crippen LogP contribution in [0.25, 0.3) is 0 Å². The van der Waals surface area contributed by atoms with Gasteiger partial charge in [-0.1, -0.05) is 29.3 Å². The van der Waals surface area contributed by atoms with E-state index in [9.17, 15) is 27.5 Å². The van der Waals surface area contributed by atoms with Crippen LogP contribution in [-0.2, 0) is 6.18 Å². The van der Waals surface area contributed by atoms with Gasteiger partial charge < -0.3 is 10.4 Å². The minimum Gasteiger partial charge on any atom is -0.387 e. The summed E-state index contributed by atoms with van der Waals surface area (Å²) in [6.07, 6.45) is -5.51. The second-order valence-electron chi connectivity index (χ2n) is 7.10. The van der Waals surface area contributed by atoms with E-state index in [0.29, 0.717) is 6.07 Å². The molecule has 2 aromatic rings. The van der Waals surface area contributed by atoms with Crippen molar-refractivity contribution < 1.29 is 27.5 Å².